The van der Waals surface area contributed by atoms with Crippen LogP contribution in [0.3, 0.4) is 0 Å². The summed E-state index contributed by atoms with van der Waals surface area (Å²) in [6, 6.07) is 3.72. The van der Waals surface area contributed by atoms with Gasteiger partial charge >= 0.3 is 0 Å². The van der Waals surface area contributed by atoms with Crippen LogP contribution in [0.15, 0.2) is 12.1 Å². The molecule has 14 heavy (non-hydrogen) atoms. The van der Waals surface area contributed by atoms with Crippen molar-refractivity contribution in [3.8, 4) is 5.88 Å². The van der Waals surface area contributed by atoms with E-state index in [1.807, 2.05) is 13.0 Å². The van der Waals surface area contributed by atoms with E-state index >= 15 is 0 Å². The summed E-state index contributed by atoms with van der Waals surface area (Å²) in [4.78, 5) is 4.13. The molecule has 0 bridgehead atoms. The highest BCUT2D eigenvalue weighted by molar-refractivity contribution is 6.29. The van der Waals surface area contributed by atoms with E-state index in [0.717, 1.165) is 18.7 Å². The normalized spacial score (nSPS) is 20.0. The molecule has 1 N–H and O–H groups in total. The Morgan fingerprint density at radius 3 is 3.14 bits per heavy atom. The minimum atomic E-state index is 0. The first-order valence-electron chi connectivity index (χ1n) is 4.28. The predicted molar refractivity (Wildman–Crippen MR) is 58.3 cm³/mol. The van der Waals surface area contributed by atoms with Gasteiger partial charge in [0.15, 0.2) is 0 Å². The molecule has 0 saturated carbocycles. The molecule has 0 fully saturated rings. The molecule has 1 atom stereocenters. The van der Waals surface area contributed by atoms with Gasteiger partial charge in [-0.3, -0.25) is 0 Å². The number of halogens is 2. The molecular formula is C9H12Cl2N2O. The third-order valence-electron chi connectivity index (χ3n) is 1.97. The highest BCUT2D eigenvalue weighted by Gasteiger charge is 2.14. The SMILES string of the molecule is CC1CNCc2ccc(Cl)nc2O1.Cl. The van der Waals surface area contributed by atoms with Gasteiger partial charge in [-0.25, -0.2) is 4.98 Å². The number of fused-ring (bicyclic) bond motifs is 1. The first kappa shape index (κ1) is 11.6. The molecule has 1 aliphatic heterocycles. The summed E-state index contributed by atoms with van der Waals surface area (Å²) in [5.74, 6) is 0.657. The number of pyridine rings is 1. The van der Waals surface area contributed by atoms with Crippen LogP contribution in [0.25, 0.3) is 0 Å². The fourth-order valence-corrected chi connectivity index (χ4v) is 1.47. The van der Waals surface area contributed by atoms with E-state index in [-0.39, 0.29) is 18.5 Å². The monoisotopic (exact) mass is 234 g/mol. The minimum Gasteiger partial charge on any atom is -0.473 e. The summed E-state index contributed by atoms with van der Waals surface area (Å²) < 4.78 is 5.58. The highest BCUT2D eigenvalue weighted by Crippen LogP contribution is 2.21. The Balaban J connectivity index is 0.000000980. The number of ether oxygens (including phenoxy) is 1. The second-order valence-corrected chi connectivity index (χ2v) is 3.54. The molecule has 0 amide bonds. The van der Waals surface area contributed by atoms with E-state index in [2.05, 4.69) is 10.3 Å². The number of aromatic nitrogens is 1. The number of hydrogen-bond acceptors (Lipinski definition) is 3. The highest BCUT2D eigenvalue weighted by atomic mass is 35.5. The van der Waals surface area contributed by atoms with Crippen LogP contribution in [0.1, 0.15) is 12.5 Å². The average molecular weight is 235 g/mol. The zero-order valence-electron chi connectivity index (χ0n) is 7.79. The molecule has 0 saturated heterocycles. The summed E-state index contributed by atoms with van der Waals surface area (Å²) in [5.41, 5.74) is 1.06. The van der Waals surface area contributed by atoms with Crippen molar-refractivity contribution in [2.45, 2.75) is 19.6 Å². The molecule has 1 aromatic rings. The fourth-order valence-electron chi connectivity index (χ4n) is 1.33. The lowest BCUT2D eigenvalue weighted by atomic mass is 10.3. The lowest BCUT2D eigenvalue weighted by Crippen LogP contribution is -2.25. The Morgan fingerprint density at radius 2 is 2.36 bits per heavy atom. The van der Waals surface area contributed by atoms with Gasteiger partial charge < -0.3 is 10.1 Å². The van der Waals surface area contributed by atoms with Crippen LogP contribution in [0.2, 0.25) is 5.15 Å². The molecule has 5 heteroatoms. The predicted octanol–water partition coefficient (Wildman–Crippen LogP) is 2.03. The standard InChI is InChI=1S/C9H11ClN2O.ClH/c1-6-4-11-5-7-2-3-8(10)12-9(7)13-6;/h2-3,6,11H,4-5H2,1H3;1H. The first-order chi connectivity index (χ1) is 6.25. The topological polar surface area (TPSA) is 34.2 Å². The van der Waals surface area contributed by atoms with Crippen LogP contribution in [-0.2, 0) is 6.54 Å². The zero-order chi connectivity index (χ0) is 9.26. The van der Waals surface area contributed by atoms with Gasteiger partial charge in [0.25, 0.3) is 0 Å². The summed E-state index contributed by atoms with van der Waals surface area (Å²) in [6.45, 7) is 3.64. The van der Waals surface area contributed by atoms with Gasteiger partial charge in [-0.1, -0.05) is 11.6 Å². The molecule has 78 valence electrons. The van der Waals surface area contributed by atoms with E-state index in [1.54, 1.807) is 6.07 Å². The minimum absolute atomic E-state index is 0. The van der Waals surface area contributed by atoms with Gasteiger partial charge in [-0.2, -0.15) is 0 Å². The molecule has 1 aromatic heterocycles. The second-order valence-electron chi connectivity index (χ2n) is 3.16. The average Bonchev–Trinajstić information content (AvgIpc) is 2.25. The van der Waals surface area contributed by atoms with E-state index < -0.39 is 0 Å². The van der Waals surface area contributed by atoms with Gasteiger partial charge in [0, 0.05) is 18.7 Å². The van der Waals surface area contributed by atoms with E-state index in [0.29, 0.717) is 11.0 Å². The second kappa shape index (κ2) is 4.82. The van der Waals surface area contributed by atoms with Crippen LogP contribution < -0.4 is 10.1 Å². The third-order valence-corrected chi connectivity index (χ3v) is 2.18. The smallest absolute Gasteiger partial charge is 0.219 e. The van der Waals surface area contributed by atoms with Crippen molar-refractivity contribution in [1.82, 2.24) is 10.3 Å². The van der Waals surface area contributed by atoms with Crippen LogP contribution in [-0.4, -0.2) is 17.6 Å². The van der Waals surface area contributed by atoms with Crippen LogP contribution >= 0.6 is 24.0 Å². The number of hydrogen-bond donors (Lipinski definition) is 1. The third kappa shape index (κ3) is 2.50. The molecule has 1 unspecified atom stereocenters. The van der Waals surface area contributed by atoms with Gasteiger partial charge in [-0.15, -0.1) is 12.4 Å². The maximum atomic E-state index is 5.77. The van der Waals surface area contributed by atoms with Crippen LogP contribution in [0.4, 0.5) is 0 Å². The molecule has 0 spiro atoms. The Hall–Kier alpha value is -0.510. The lowest BCUT2D eigenvalue weighted by Gasteiger charge is -2.10. The van der Waals surface area contributed by atoms with Crippen LogP contribution in [0, 0.1) is 0 Å². The van der Waals surface area contributed by atoms with Crippen LogP contribution in [0.5, 0.6) is 5.88 Å². The molecule has 3 nitrogen and oxygen atoms in total. The van der Waals surface area contributed by atoms with Gasteiger partial charge in [0.2, 0.25) is 5.88 Å². The zero-order valence-corrected chi connectivity index (χ0v) is 9.36. The first-order valence-corrected chi connectivity index (χ1v) is 4.66. The Morgan fingerprint density at radius 1 is 1.57 bits per heavy atom. The van der Waals surface area contributed by atoms with Crippen molar-refractivity contribution in [1.29, 1.82) is 0 Å². The summed E-state index contributed by atoms with van der Waals surface area (Å²) in [6.07, 6.45) is 0.146. The summed E-state index contributed by atoms with van der Waals surface area (Å²) in [7, 11) is 0. The molecule has 0 aromatic carbocycles. The fraction of sp³-hybridized carbons (Fsp3) is 0.444. The number of nitrogens with one attached hydrogen (secondary N) is 1. The quantitative estimate of drug-likeness (QED) is 0.698. The largest absolute Gasteiger partial charge is 0.473 e. The Kier molecular flexibility index (Phi) is 3.98. The van der Waals surface area contributed by atoms with E-state index in [9.17, 15) is 0 Å². The maximum Gasteiger partial charge on any atom is 0.219 e. The molecule has 0 radical (unpaired) electrons. The molecule has 2 heterocycles. The van der Waals surface area contributed by atoms with Gasteiger partial charge in [0.1, 0.15) is 11.3 Å². The molecule has 1 aliphatic rings. The number of rotatable bonds is 0. The Bertz CT molecular complexity index is 320. The lowest BCUT2D eigenvalue weighted by molar-refractivity contribution is 0.218. The van der Waals surface area contributed by atoms with Crippen molar-refractivity contribution in [3.05, 3.63) is 22.8 Å². The molecule has 2 rings (SSSR count). The Labute approximate surface area is 94.2 Å². The van der Waals surface area contributed by atoms with E-state index in [4.69, 9.17) is 16.3 Å². The van der Waals surface area contributed by atoms with Crippen molar-refractivity contribution in [2.24, 2.45) is 0 Å². The van der Waals surface area contributed by atoms with Gasteiger partial charge in [-0.05, 0) is 19.1 Å². The van der Waals surface area contributed by atoms with Gasteiger partial charge in [0.05, 0.1) is 0 Å². The van der Waals surface area contributed by atoms with E-state index in [1.165, 1.54) is 0 Å². The van der Waals surface area contributed by atoms with Crippen molar-refractivity contribution < 1.29 is 4.74 Å². The maximum absolute atomic E-state index is 5.77. The van der Waals surface area contributed by atoms with Crippen molar-refractivity contribution in [2.75, 3.05) is 6.54 Å². The molecule has 0 aliphatic carbocycles. The summed E-state index contributed by atoms with van der Waals surface area (Å²) >= 11 is 5.77. The number of nitrogens with zero attached hydrogens (tertiary/aromatic N) is 1. The summed E-state index contributed by atoms with van der Waals surface area (Å²) in [5, 5.41) is 3.74. The van der Waals surface area contributed by atoms with Crippen molar-refractivity contribution >= 4 is 24.0 Å². The molecular weight excluding hydrogens is 223 g/mol. The van der Waals surface area contributed by atoms with Crippen molar-refractivity contribution in [3.63, 3.8) is 0 Å².